The number of hydrogen-bond donors (Lipinski definition) is 1. The summed E-state index contributed by atoms with van der Waals surface area (Å²) in [7, 11) is 0. The average Bonchev–Trinajstić information content (AvgIpc) is 2.36. The molecule has 2 aromatic carbocycles. The maximum Gasteiger partial charge on any atom is 0.133 e. The van der Waals surface area contributed by atoms with Gasteiger partial charge in [-0.25, -0.2) is 0 Å². The maximum absolute atomic E-state index is 6.07. The van der Waals surface area contributed by atoms with Crippen LogP contribution in [0.4, 0.5) is 0 Å². The second kappa shape index (κ2) is 6.29. The van der Waals surface area contributed by atoms with E-state index in [1.54, 1.807) is 0 Å². The van der Waals surface area contributed by atoms with Crippen LogP contribution in [-0.2, 0) is 6.42 Å². The Morgan fingerprint density at radius 2 is 1.65 bits per heavy atom. The fourth-order valence-electron chi connectivity index (χ4n) is 2.32. The quantitative estimate of drug-likeness (QED) is 0.895. The van der Waals surface area contributed by atoms with Crippen molar-refractivity contribution in [2.75, 3.05) is 6.54 Å². The third kappa shape index (κ3) is 3.33. The molecule has 0 unspecified atom stereocenters. The van der Waals surface area contributed by atoms with Crippen LogP contribution in [0.5, 0.6) is 11.5 Å². The van der Waals surface area contributed by atoms with Crippen molar-refractivity contribution < 1.29 is 4.74 Å². The van der Waals surface area contributed by atoms with Crippen molar-refractivity contribution >= 4 is 11.6 Å². The van der Waals surface area contributed by atoms with E-state index in [2.05, 4.69) is 19.1 Å². The van der Waals surface area contributed by atoms with Crippen LogP contribution in [0.2, 0.25) is 5.02 Å². The van der Waals surface area contributed by atoms with Gasteiger partial charge in [0.1, 0.15) is 11.5 Å². The van der Waals surface area contributed by atoms with Gasteiger partial charge in [0.15, 0.2) is 0 Å². The average molecular weight is 290 g/mol. The minimum atomic E-state index is 0.662. The van der Waals surface area contributed by atoms with E-state index in [9.17, 15) is 0 Å². The van der Waals surface area contributed by atoms with E-state index in [4.69, 9.17) is 22.1 Å². The monoisotopic (exact) mass is 289 g/mol. The predicted octanol–water partition coefficient (Wildman–Crippen LogP) is 4.56. The number of aryl methyl sites for hydroxylation is 3. The molecule has 0 aliphatic heterocycles. The first-order chi connectivity index (χ1) is 9.51. The molecule has 2 aromatic rings. The van der Waals surface area contributed by atoms with E-state index >= 15 is 0 Å². The number of nitrogens with two attached hydrogens (primary N) is 1. The molecular formula is C17H20ClNO. The SMILES string of the molecule is Cc1cc(CCN)ccc1Oc1c(C)cc(Cl)cc1C. The van der Waals surface area contributed by atoms with Crippen molar-refractivity contribution in [3.05, 3.63) is 57.6 Å². The Hall–Kier alpha value is -1.51. The third-order valence-electron chi connectivity index (χ3n) is 3.31. The molecule has 0 atom stereocenters. The number of hydrogen-bond acceptors (Lipinski definition) is 2. The molecule has 0 aromatic heterocycles. The topological polar surface area (TPSA) is 35.2 Å². The van der Waals surface area contributed by atoms with Crippen LogP contribution in [0.15, 0.2) is 30.3 Å². The van der Waals surface area contributed by atoms with Crippen molar-refractivity contribution in [3.63, 3.8) is 0 Å². The normalized spacial score (nSPS) is 10.7. The van der Waals surface area contributed by atoms with Crippen LogP contribution in [0, 0.1) is 20.8 Å². The number of ether oxygens (including phenoxy) is 1. The lowest BCUT2D eigenvalue weighted by Gasteiger charge is -2.14. The minimum absolute atomic E-state index is 0.662. The fraction of sp³-hybridized carbons (Fsp3) is 0.294. The van der Waals surface area contributed by atoms with Crippen molar-refractivity contribution in [2.45, 2.75) is 27.2 Å². The summed E-state index contributed by atoms with van der Waals surface area (Å²) in [6, 6.07) is 10.0. The first kappa shape index (κ1) is 14.9. The molecule has 0 radical (unpaired) electrons. The lowest BCUT2D eigenvalue weighted by atomic mass is 10.1. The van der Waals surface area contributed by atoms with Gasteiger partial charge in [0.25, 0.3) is 0 Å². The molecule has 0 aliphatic rings. The van der Waals surface area contributed by atoms with E-state index in [1.165, 1.54) is 5.56 Å². The second-order valence-electron chi connectivity index (χ2n) is 5.11. The maximum atomic E-state index is 6.07. The Labute approximate surface area is 125 Å². The Morgan fingerprint density at radius 1 is 1.00 bits per heavy atom. The van der Waals surface area contributed by atoms with Gasteiger partial charge in [-0.05, 0) is 74.2 Å². The number of benzene rings is 2. The van der Waals surface area contributed by atoms with Crippen molar-refractivity contribution in [2.24, 2.45) is 5.73 Å². The van der Waals surface area contributed by atoms with Crippen molar-refractivity contribution in [3.8, 4) is 11.5 Å². The highest BCUT2D eigenvalue weighted by atomic mass is 35.5. The highest BCUT2D eigenvalue weighted by Gasteiger charge is 2.09. The lowest BCUT2D eigenvalue weighted by molar-refractivity contribution is 0.471. The molecule has 2 N–H and O–H groups in total. The number of rotatable bonds is 4. The van der Waals surface area contributed by atoms with Gasteiger partial charge >= 0.3 is 0 Å². The molecule has 106 valence electrons. The van der Waals surface area contributed by atoms with Gasteiger partial charge in [-0.2, -0.15) is 0 Å². The first-order valence-corrected chi connectivity index (χ1v) is 7.13. The van der Waals surface area contributed by atoms with Crippen LogP contribution in [0.3, 0.4) is 0 Å². The second-order valence-corrected chi connectivity index (χ2v) is 5.55. The summed E-state index contributed by atoms with van der Waals surface area (Å²) >= 11 is 6.04. The zero-order chi connectivity index (χ0) is 14.7. The van der Waals surface area contributed by atoms with Crippen LogP contribution in [0.25, 0.3) is 0 Å². The van der Waals surface area contributed by atoms with Crippen LogP contribution < -0.4 is 10.5 Å². The Balaban J connectivity index is 2.31. The highest BCUT2D eigenvalue weighted by molar-refractivity contribution is 6.30. The fourth-order valence-corrected chi connectivity index (χ4v) is 2.64. The van der Waals surface area contributed by atoms with Crippen LogP contribution in [0.1, 0.15) is 22.3 Å². The van der Waals surface area contributed by atoms with Crippen molar-refractivity contribution in [1.29, 1.82) is 0 Å². The zero-order valence-corrected chi connectivity index (χ0v) is 12.9. The molecule has 2 rings (SSSR count). The molecule has 0 heterocycles. The van der Waals surface area contributed by atoms with Gasteiger partial charge in [0.05, 0.1) is 0 Å². The summed E-state index contributed by atoms with van der Waals surface area (Å²) in [4.78, 5) is 0. The van der Waals surface area contributed by atoms with Gasteiger partial charge in [0.2, 0.25) is 0 Å². The van der Waals surface area contributed by atoms with Crippen LogP contribution >= 0.6 is 11.6 Å². The molecule has 2 nitrogen and oxygen atoms in total. The van der Waals surface area contributed by atoms with Crippen LogP contribution in [-0.4, -0.2) is 6.54 Å². The molecule has 3 heteroatoms. The Morgan fingerprint density at radius 3 is 2.20 bits per heavy atom. The Bertz CT molecular complexity index is 599. The lowest BCUT2D eigenvalue weighted by Crippen LogP contribution is -2.03. The molecular weight excluding hydrogens is 270 g/mol. The van der Waals surface area contributed by atoms with Crippen molar-refractivity contribution in [1.82, 2.24) is 0 Å². The largest absolute Gasteiger partial charge is 0.457 e. The van der Waals surface area contributed by atoms with E-state index in [0.29, 0.717) is 6.54 Å². The van der Waals surface area contributed by atoms with E-state index < -0.39 is 0 Å². The molecule has 20 heavy (non-hydrogen) atoms. The molecule has 0 bridgehead atoms. The molecule has 0 saturated carbocycles. The smallest absolute Gasteiger partial charge is 0.133 e. The predicted molar refractivity (Wildman–Crippen MR) is 84.9 cm³/mol. The van der Waals surface area contributed by atoms with Gasteiger partial charge in [-0.3, -0.25) is 0 Å². The summed E-state index contributed by atoms with van der Waals surface area (Å²) in [6.07, 6.45) is 0.889. The molecule has 0 fully saturated rings. The molecule has 0 amide bonds. The van der Waals surface area contributed by atoms with Gasteiger partial charge in [-0.1, -0.05) is 23.7 Å². The summed E-state index contributed by atoms with van der Waals surface area (Å²) in [6.45, 7) is 6.73. The van der Waals surface area contributed by atoms with E-state index in [0.717, 1.165) is 39.6 Å². The Kier molecular flexibility index (Phi) is 4.69. The van der Waals surface area contributed by atoms with E-state index in [1.807, 2.05) is 32.0 Å². The minimum Gasteiger partial charge on any atom is -0.457 e. The van der Waals surface area contributed by atoms with Gasteiger partial charge in [-0.15, -0.1) is 0 Å². The molecule has 0 spiro atoms. The van der Waals surface area contributed by atoms with E-state index in [-0.39, 0.29) is 0 Å². The zero-order valence-electron chi connectivity index (χ0n) is 12.2. The summed E-state index contributed by atoms with van der Waals surface area (Å²) in [5.74, 6) is 1.75. The molecule has 0 aliphatic carbocycles. The summed E-state index contributed by atoms with van der Waals surface area (Å²) in [5.41, 5.74) is 10.0. The van der Waals surface area contributed by atoms with Gasteiger partial charge in [0, 0.05) is 5.02 Å². The summed E-state index contributed by atoms with van der Waals surface area (Å²) < 4.78 is 6.07. The molecule has 0 saturated heterocycles. The highest BCUT2D eigenvalue weighted by Crippen LogP contribution is 2.33. The third-order valence-corrected chi connectivity index (χ3v) is 3.53. The van der Waals surface area contributed by atoms with Gasteiger partial charge < -0.3 is 10.5 Å². The standard InChI is InChI=1S/C17H20ClNO/c1-11-8-14(6-7-19)4-5-16(11)20-17-12(2)9-15(18)10-13(17)3/h4-5,8-10H,6-7,19H2,1-3H3. The number of halogens is 1. The summed E-state index contributed by atoms with van der Waals surface area (Å²) in [5, 5.41) is 0.738. The first-order valence-electron chi connectivity index (χ1n) is 6.75.